The number of fused-ring (bicyclic) bond motifs is 4. The van der Waals surface area contributed by atoms with E-state index < -0.39 is 20.2 Å². The van der Waals surface area contributed by atoms with E-state index in [1.807, 2.05) is 66.7 Å². The molecule has 0 radical (unpaired) electrons. The van der Waals surface area contributed by atoms with Crippen LogP contribution >= 0.6 is 8.53 Å². The Kier molecular flexibility index (Phi) is 14.1. The highest BCUT2D eigenvalue weighted by Crippen LogP contribution is 2.49. The summed E-state index contributed by atoms with van der Waals surface area (Å²) in [5.74, 6) is 1.50. The molecule has 1 unspecified atom stereocenters. The van der Waals surface area contributed by atoms with Crippen LogP contribution in [-0.2, 0) is 25.9 Å². The molecule has 310 valence electrons. The van der Waals surface area contributed by atoms with Crippen LogP contribution in [0.3, 0.4) is 0 Å². The zero-order valence-corrected chi connectivity index (χ0v) is 36.2. The molecule has 0 N–H and O–H groups in total. The monoisotopic (exact) mass is 823 g/mol. The van der Waals surface area contributed by atoms with Crippen molar-refractivity contribution in [3.63, 3.8) is 0 Å². The van der Waals surface area contributed by atoms with Crippen molar-refractivity contribution in [2.24, 2.45) is 0 Å². The van der Waals surface area contributed by atoms with Crippen LogP contribution in [0.5, 0.6) is 11.5 Å². The Balaban J connectivity index is 1.29. The second-order valence-electron chi connectivity index (χ2n) is 15.3. The number of benzene rings is 5. The highest BCUT2D eigenvalue weighted by molar-refractivity contribution is 7.44. The normalized spacial score (nSPS) is 13.1. The molecule has 0 spiro atoms. The van der Waals surface area contributed by atoms with E-state index in [9.17, 15) is 5.26 Å². The van der Waals surface area contributed by atoms with Crippen LogP contribution < -0.4 is 9.47 Å². The van der Waals surface area contributed by atoms with Crippen LogP contribution in [0.1, 0.15) is 63.6 Å². The first-order chi connectivity index (χ1) is 29.3. The first-order valence-electron chi connectivity index (χ1n) is 20.6. The summed E-state index contributed by atoms with van der Waals surface area (Å²) >= 11 is 0. The molecule has 2 atom stereocenters. The fraction of sp³-hybridized carbons (Fsp3) is 0.327. The topological polar surface area (TPSA) is 104 Å². The van der Waals surface area contributed by atoms with Crippen molar-refractivity contribution in [1.29, 1.82) is 5.26 Å². The molecule has 0 fully saturated rings. The Morgan fingerprint density at radius 3 is 1.88 bits per heavy atom. The Morgan fingerprint density at radius 1 is 0.717 bits per heavy atom. The molecule has 0 saturated heterocycles. The van der Waals surface area contributed by atoms with E-state index in [2.05, 4.69) is 104 Å². The smallest absolute Gasteiger partial charge is 0.259 e. The molecule has 10 nitrogen and oxygen atoms in total. The molecular weight excluding hydrogens is 770 g/mol. The molecule has 11 heteroatoms. The van der Waals surface area contributed by atoms with Crippen molar-refractivity contribution in [3.8, 4) is 17.6 Å². The number of rotatable bonds is 20. The summed E-state index contributed by atoms with van der Waals surface area (Å²) in [6.07, 6.45) is 1.26. The zero-order chi connectivity index (χ0) is 42.1. The van der Waals surface area contributed by atoms with Crippen molar-refractivity contribution in [3.05, 3.63) is 144 Å². The van der Waals surface area contributed by atoms with Crippen molar-refractivity contribution >= 4 is 41.6 Å². The summed E-state index contributed by atoms with van der Waals surface area (Å²) in [5, 5.41) is 10.5. The predicted octanol–water partition coefficient (Wildman–Crippen LogP) is 11.2. The van der Waals surface area contributed by atoms with E-state index in [1.165, 1.54) is 0 Å². The molecule has 60 heavy (non-hydrogen) atoms. The van der Waals surface area contributed by atoms with Gasteiger partial charge in [-0.25, -0.2) is 14.6 Å². The van der Waals surface area contributed by atoms with Crippen LogP contribution in [0, 0.1) is 11.3 Å². The SMILES string of the molecule is COc1ccc(C(OC[C@H](CCCn2c3ccccc3c3nc4ccccc4nc32)OP(OCCC#N)N(C(C)C)C(C)C)(c2ccccc2)c2ccc(OC)cc2)cc1. The average Bonchev–Trinajstić information content (AvgIpc) is 3.58. The lowest BCUT2D eigenvalue weighted by Gasteiger charge is -2.39. The lowest BCUT2D eigenvalue weighted by Crippen LogP contribution is -2.38. The van der Waals surface area contributed by atoms with Crippen molar-refractivity contribution in [1.82, 2.24) is 19.2 Å². The van der Waals surface area contributed by atoms with Gasteiger partial charge in [-0.15, -0.1) is 0 Å². The third-order valence-electron chi connectivity index (χ3n) is 10.7. The number of nitrogens with zero attached hydrogens (tertiary/aromatic N) is 5. The second kappa shape index (κ2) is 19.8. The van der Waals surface area contributed by atoms with Gasteiger partial charge in [0.05, 0.1) is 62.6 Å². The number of nitriles is 1. The average molecular weight is 824 g/mol. The first-order valence-corrected chi connectivity index (χ1v) is 21.8. The minimum atomic E-state index is -1.58. The molecule has 0 amide bonds. The second-order valence-corrected chi connectivity index (χ2v) is 16.7. The van der Waals surface area contributed by atoms with Crippen LogP contribution in [0.15, 0.2) is 127 Å². The van der Waals surface area contributed by atoms with Gasteiger partial charge < -0.3 is 27.8 Å². The van der Waals surface area contributed by atoms with Gasteiger partial charge in [0.2, 0.25) is 0 Å². The molecule has 2 aromatic heterocycles. The summed E-state index contributed by atoms with van der Waals surface area (Å²) in [4.78, 5) is 10.2. The molecule has 5 aromatic carbocycles. The minimum absolute atomic E-state index is 0.132. The van der Waals surface area contributed by atoms with Gasteiger partial charge in [-0.1, -0.05) is 84.9 Å². The summed E-state index contributed by atoms with van der Waals surface area (Å²) in [6.45, 7) is 9.79. The predicted molar refractivity (Wildman–Crippen MR) is 240 cm³/mol. The van der Waals surface area contributed by atoms with Gasteiger partial charge in [0.1, 0.15) is 22.6 Å². The highest BCUT2D eigenvalue weighted by Gasteiger charge is 2.39. The molecule has 0 aliphatic rings. The van der Waals surface area contributed by atoms with Gasteiger partial charge in [0.25, 0.3) is 8.53 Å². The minimum Gasteiger partial charge on any atom is -0.497 e. The Bertz CT molecular complexity index is 2450. The maximum absolute atomic E-state index is 9.47. The first kappa shape index (κ1) is 42.7. The Labute approximate surface area is 354 Å². The van der Waals surface area contributed by atoms with Gasteiger partial charge >= 0.3 is 0 Å². The molecule has 7 aromatic rings. The molecule has 0 bridgehead atoms. The number of aryl methyl sites for hydroxylation is 1. The maximum Gasteiger partial charge on any atom is 0.259 e. The van der Waals surface area contributed by atoms with Gasteiger partial charge in [0.15, 0.2) is 5.65 Å². The Morgan fingerprint density at radius 2 is 1.28 bits per heavy atom. The summed E-state index contributed by atoms with van der Waals surface area (Å²) in [7, 11) is 1.77. The highest BCUT2D eigenvalue weighted by atomic mass is 31.2. The third-order valence-corrected chi connectivity index (χ3v) is 12.9. The summed E-state index contributed by atoms with van der Waals surface area (Å²) in [6, 6.07) is 45.4. The number of para-hydroxylation sites is 3. The van der Waals surface area contributed by atoms with Crippen LogP contribution in [0.4, 0.5) is 0 Å². The Hall–Kier alpha value is -5.40. The standard InChI is InChI=1S/C49H54N5O5P/c1-35(2)54(36(3)4)60(58-33-15-31-50)59-42(18-14-32-53-46-22-13-10-19-43(46)47-48(53)52-45-21-12-11-20-44(45)51-47)34-57-49(37-16-8-7-9-17-37,38-23-27-40(55-5)28-24-38)39-25-29-41(56-6)30-26-39/h7-13,16-17,19-30,35-36,42H,14-15,18,32-34H2,1-6H3/t42-,60?/m0/s1. The fourth-order valence-corrected chi connectivity index (χ4v) is 9.69. The van der Waals surface area contributed by atoms with Crippen molar-refractivity contribution in [2.75, 3.05) is 27.4 Å². The molecular formula is C49H54N5O5P. The molecule has 0 aliphatic heterocycles. The maximum atomic E-state index is 9.47. The third kappa shape index (κ3) is 9.17. The van der Waals surface area contributed by atoms with Crippen molar-refractivity contribution in [2.45, 2.75) is 77.3 Å². The van der Waals surface area contributed by atoms with E-state index >= 15 is 0 Å². The number of hydrogen-bond donors (Lipinski definition) is 0. The molecule has 2 heterocycles. The van der Waals surface area contributed by atoms with E-state index in [-0.39, 0.29) is 31.7 Å². The van der Waals surface area contributed by atoms with Crippen LogP contribution in [-0.4, -0.2) is 64.8 Å². The number of ether oxygens (including phenoxy) is 3. The summed E-state index contributed by atoms with van der Waals surface area (Å²) < 4.78 is 36.8. The van der Waals surface area contributed by atoms with Crippen LogP contribution in [0.25, 0.3) is 33.1 Å². The van der Waals surface area contributed by atoms with E-state index in [1.54, 1.807) is 14.2 Å². The molecule has 0 aliphatic carbocycles. The van der Waals surface area contributed by atoms with E-state index in [4.69, 9.17) is 33.2 Å². The van der Waals surface area contributed by atoms with Gasteiger partial charge in [-0.05, 0) is 99.7 Å². The molecule has 7 rings (SSSR count). The van der Waals surface area contributed by atoms with Gasteiger partial charge in [-0.2, -0.15) is 5.26 Å². The largest absolute Gasteiger partial charge is 0.497 e. The lowest BCUT2D eigenvalue weighted by atomic mass is 9.80. The fourth-order valence-electron chi connectivity index (χ4n) is 7.97. The lowest BCUT2D eigenvalue weighted by molar-refractivity contribution is -0.0368. The van der Waals surface area contributed by atoms with E-state index in [0.29, 0.717) is 13.0 Å². The molecule has 0 saturated carbocycles. The number of aromatic nitrogens is 3. The van der Waals surface area contributed by atoms with Gasteiger partial charge in [-0.3, -0.25) is 0 Å². The van der Waals surface area contributed by atoms with Crippen molar-refractivity contribution < 1.29 is 23.3 Å². The quantitative estimate of drug-likeness (QED) is 0.0422. The van der Waals surface area contributed by atoms with E-state index in [0.717, 1.165) is 67.7 Å². The number of methoxy groups -OCH3 is 2. The number of hydrogen-bond acceptors (Lipinski definition) is 9. The van der Waals surface area contributed by atoms with Crippen LogP contribution in [0.2, 0.25) is 0 Å². The zero-order valence-electron chi connectivity index (χ0n) is 35.3. The summed E-state index contributed by atoms with van der Waals surface area (Å²) in [5.41, 5.74) is 6.38. The van der Waals surface area contributed by atoms with Gasteiger partial charge in [0, 0.05) is 24.0 Å².